The molecular formula is C44H28N4O2. The van der Waals surface area contributed by atoms with Gasteiger partial charge in [0.25, 0.3) is 0 Å². The average Bonchev–Trinajstić information content (AvgIpc) is 3.80. The summed E-state index contributed by atoms with van der Waals surface area (Å²) in [6.45, 7) is 0. The SMILES string of the molecule is c1ccc(C2=NC(c3cc4oc5ccccc5c4c4nc(-c5ccccc5)oc34)N=C(c3ccc4ccc(-c5ccccc5)cc4c3)N2)cc1. The lowest BCUT2D eigenvalue weighted by atomic mass is 9.99. The minimum Gasteiger partial charge on any atom is -0.456 e. The van der Waals surface area contributed by atoms with E-state index in [1.807, 2.05) is 78.9 Å². The molecule has 6 nitrogen and oxygen atoms in total. The molecule has 6 heteroatoms. The van der Waals surface area contributed by atoms with Crippen LogP contribution in [0.2, 0.25) is 0 Å². The Labute approximate surface area is 287 Å². The molecule has 236 valence electrons. The molecule has 1 aliphatic heterocycles. The number of para-hydroxylation sites is 1. The fourth-order valence-electron chi connectivity index (χ4n) is 6.88. The van der Waals surface area contributed by atoms with Gasteiger partial charge in [0.1, 0.15) is 28.4 Å². The lowest BCUT2D eigenvalue weighted by Gasteiger charge is -2.22. The molecule has 1 aliphatic rings. The molecule has 50 heavy (non-hydrogen) atoms. The van der Waals surface area contributed by atoms with Crippen molar-refractivity contribution >= 4 is 55.5 Å². The van der Waals surface area contributed by atoms with E-state index >= 15 is 0 Å². The summed E-state index contributed by atoms with van der Waals surface area (Å²) in [5.74, 6) is 1.98. The fourth-order valence-corrected chi connectivity index (χ4v) is 6.88. The molecule has 9 aromatic rings. The van der Waals surface area contributed by atoms with E-state index in [2.05, 4.69) is 84.2 Å². The molecule has 10 rings (SSSR count). The van der Waals surface area contributed by atoms with Crippen molar-refractivity contribution in [1.29, 1.82) is 0 Å². The van der Waals surface area contributed by atoms with Gasteiger partial charge in [0.2, 0.25) is 5.89 Å². The van der Waals surface area contributed by atoms with Gasteiger partial charge in [-0.15, -0.1) is 0 Å². The molecule has 0 spiro atoms. The molecule has 0 amide bonds. The summed E-state index contributed by atoms with van der Waals surface area (Å²) in [7, 11) is 0. The summed E-state index contributed by atoms with van der Waals surface area (Å²) in [4.78, 5) is 15.5. The predicted octanol–water partition coefficient (Wildman–Crippen LogP) is 10.7. The molecule has 0 saturated heterocycles. The van der Waals surface area contributed by atoms with Crippen LogP contribution < -0.4 is 5.32 Å². The number of aromatic nitrogens is 1. The molecule has 7 aromatic carbocycles. The van der Waals surface area contributed by atoms with Crippen molar-refractivity contribution in [2.75, 3.05) is 0 Å². The Balaban J connectivity index is 1.18. The van der Waals surface area contributed by atoms with Gasteiger partial charge in [0.15, 0.2) is 11.7 Å². The third-order valence-corrected chi connectivity index (χ3v) is 9.34. The smallest absolute Gasteiger partial charge is 0.227 e. The first kappa shape index (κ1) is 28.2. The van der Waals surface area contributed by atoms with E-state index in [0.717, 1.165) is 66.6 Å². The minimum atomic E-state index is -0.635. The Morgan fingerprint density at radius 2 is 1.10 bits per heavy atom. The largest absolute Gasteiger partial charge is 0.456 e. The van der Waals surface area contributed by atoms with Gasteiger partial charge in [-0.3, -0.25) is 0 Å². The maximum atomic E-state index is 6.65. The van der Waals surface area contributed by atoms with Crippen molar-refractivity contribution < 1.29 is 8.83 Å². The number of hydrogen-bond donors (Lipinski definition) is 1. The van der Waals surface area contributed by atoms with Gasteiger partial charge in [-0.25, -0.2) is 15.0 Å². The Morgan fingerprint density at radius 1 is 0.480 bits per heavy atom. The second-order valence-electron chi connectivity index (χ2n) is 12.5. The van der Waals surface area contributed by atoms with E-state index in [9.17, 15) is 0 Å². The number of hydrogen-bond acceptors (Lipinski definition) is 6. The lowest BCUT2D eigenvalue weighted by molar-refractivity contribution is 0.606. The second kappa shape index (κ2) is 11.4. The van der Waals surface area contributed by atoms with Crippen LogP contribution in [0.15, 0.2) is 177 Å². The van der Waals surface area contributed by atoms with E-state index in [1.165, 1.54) is 11.1 Å². The molecule has 1 N–H and O–H groups in total. The first-order valence-electron chi connectivity index (χ1n) is 16.6. The van der Waals surface area contributed by atoms with Crippen molar-refractivity contribution in [3.63, 3.8) is 0 Å². The predicted molar refractivity (Wildman–Crippen MR) is 201 cm³/mol. The number of furan rings is 1. The van der Waals surface area contributed by atoms with E-state index in [0.29, 0.717) is 17.1 Å². The first-order valence-corrected chi connectivity index (χ1v) is 16.6. The standard InChI is InChI=1S/C44H28N4O2/c1-4-12-27(13-5-1)31-22-20-28-21-23-32(25-33(28)24-31)42-46-41(29-14-6-2-7-15-29)47-43(48-42)35-26-37-38(34-18-10-11-19-36(34)49-37)39-40(35)50-44(45-39)30-16-8-3-9-17-30/h1-26,43H,(H,46,47,48). The van der Waals surface area contributed by atoms with Crippen LogP contribution in [0.4, 0.5) is 0 Å². The summed E-state index contributed by atoms with van der Waals surface area (Å²) in [5.41, 5.74) is 8.81. The molecule has 0 fully saturated rings. The molecule has 0 saturated carbocycles. The van der Waals surface area contributed by atoms with Crippen LogP contribution in [0.1, 0.15) is 22.9 Å². The number of benzene rings is 7. The van der Waals surface area contributed by atoms with Crippen molar-refractivity contribution in [1.82, 2.24) is 10.3 Å². The molecule has 3 heterocycles. The quantitative estimate of drug-likeness (QED) is 0.202. The Kier molecular flexibility index (Phi) is 6.45. The summed E-state index contributed by atoms with van der Waals surface area (Å²) in [6, 6.07) is 53.7. The zero-order valence-electron chi connectivity index (χ0n) is 26.7. The van der Waals surface area contributed by atoms with Crippen molar-refractivity contribution in [2.24, 2.45) is 9.98 Å². The highest BCUT2D eigenvalue weighted by Gasteiger charge is 2.27. The highest BCUT2D eigenvalue weighted by Crippen LogP contribution is 2.41. The number of aliphatic imine (C=N–C) groups is 2. The number of nitrogens with one attached hydrogen (secondary N) is 1. The minimum absolute atomic E-state index is 0.536. The van der Waals surface area contributed by atoms with Crippen LogP contribution >= 0.6 is 0 Å². The van der Waals surface area contributed by atoms with Gasteiger partial charge in [-0.2, -0.15) is 0 Å². The molecule has 1 unspecified atom stereocenters. The Hall–Kier alpha value is -6.79. The number of rotatable bonds is 5. The zero-order chi connectivity index (χ0) is 33.0. The molecule has 0 radical (unpaired) electrons. The number of nitrogens with zero attached hydrogens (tertiary/aromatic N) is 3. The van der Waals surface area contributed by atoms with E-state index in [1.54, 1.807) is 0 Å². The zero-order valence-corrected chi connectivity index (χ0v) is 26.7. The van der Waals surface area contributed by atoms with Gasteiger partial charge in [0, 0.05) is 27.6 Å². The highest BCUT2D eigenvalue weighted by atomic mass is 16.4. The lowest BCUT2D eigenvalue weighted by Crippen LogP contribution is -2.36. The highest BCUT2D eigenvalue weighted by molar-refractivity contribution is 6.19. The van der Waals surface area contributed by atoms with Crippen molar-refractivity contribution in [3.8, 4) is 22.6 Å². The van der Waals surface area contributed by atoms with Crippen LogP contribution in [0.5, 0.6) is 0 Å². The van der Waals surface area contributed by atoms with Gasteiger partial charge >= 0.3 is 0 Å². The molecule has 0 aliphatic carbocycles. The summed E-state index contributed by atoms with van der Waals surface area (Å²) in [5, 5.41) is 7.75. The van der Waals surface area contributed by atoms with Gasteiger partial charge in [-0.05, 0) is 58.3 Å². The summed E-state index contributed by atoms with van der Waals surface area (Å²) >= 11 is 0. The second-order valence-corrected chi connectivity index (χ2v) is 12.5. The molecular weight excluding hydrogens is 617 g/mol. The van der Waals surface area contributed by atoms with E-state index in [-0.39, 0.29) is 0 Å². The van der Waals surface area contributed by atoms with Crippen LogP contribution in [0.3, 0.4) is 0 Å². The van der Waals surface area contributed by atoms with Gasteiger partial charge in [-0.1, -0.05) is 121 Å². The maximum absolute atomic E-state index is 6.65. The van der Waals surface area contributed by atoms with Crippen LogP contribution in [-0.2, 0) is 0 Å². The Bertz CT molecular complexity index is 2780. The topological polar surface area (TPSA) is 75.9 Å². The third-order valence-electron chi connectivity index (χ3n) is 9.34. The van der Waals surface area contributed by atoms with Crippen LogP contribution in [0, 0.1) is 0 Å². The van der Waals surface area contributed by atoms with E-state index < -0.39 is 6.17 Å². The van der Waals surface area contributed by atoms with Crippen LogP contribution in [0.25, 0.3) is 66.4 Å². The molecule has 2 aromatic heterocycles. The van der Waals surface area contributed by atoms with Gasteiger partial charge < -0.3 is 14.2 Å². The fraction of sp³-hybridized carbons (Fsp3) is 0.0227. The molecule has 0 bridgehead atoms. The maximum Gasteiger partial charge on any atom is 0.227 e. The van der Waals surface area contributed by atoms with Crippen molar-refractivity contribution in [2.45, 2.75) is 6.17 Å². The summed E-state index contributed by atoms with van der Waals surface area (Å²) in [6.07, 6.45) is -0.635. The third kappa shape index (κ3) is 4.77. The summed E-state index contributed by atoms with van der Waals surface area (Å²) < 4.78 is 13.1. The monoisotopic (exact) mass is 644 g/mol. The first-order chi connectivity index (χ1) is 24.7. The average molecular weight is 645 g/mol. The van der Waals surface area contributed by atoms with E-state index in [4.69, 9.17) is 23.8 Å². The number of oxazole rings is 1. The number of fused-ring (bicyclic) bond motifs is 6. The van der Waals surface area contributed by atoms with Gasteiger partial charge in [0.05, 0.1) is 5.39 Å². The molecule has 1 atom stereocenters. The van der Waals surface area contributed by atoms with Crippen LogP contribution in [-0.4, -0.2) is 16.7 Å². The normalized spacial score (nSPS) is 14.6. The van der Waals surface area contributed by atoms with Crippen molar-refractivity contribution in [3.05, 3.63) is 174 Å². The number of amidine groups is 2. The Morgan fingerprint density at radius 3 is 1.86 bits per heavy atom.